The van der Waals surface area contributed by atoms with Crippen LogP contribution in [0.4, 0.5) is 11.4 Å². The Morgan fingerprint density at radius 1 is 1.11 bits per heavy atom. The number of carbonyl (C=O) groups is 1. The zero-order valence-electron chi connectivity index (χ0n) is 20.6. The van der Waals surface area contributed by atoms with Crippen molar-refractivity contribution in [3.63, 3.8) is 0 Å². The van der Waals surface area contributed by atoms with Gasteiger partial charge in [0.1, 0.15) is 18.4 Å². The second-order valence-corrected chi connectivity index (χ2v) is 12.4. The lowest BCUT2D eigenvalue weighted by atomic mass is 10.2. The van der Waals surface area contributed by atoms with E-state index in [-0.39, 0.29) is 29.4 Å². The van der Waals surface area contributed by atoms with Gasteiger partial charge in [-0.2, -0.15) is 4.31 Å². The number of benzene rings is 2. The van der Waals surface area contributed by atoms with Crippen molar-refractivity contribution in [3.8, 4) is 5.75 Å². The van der Waals surface area contributed by atoms with Crippen LogP contribution in [0.2, 0.25) is 0 Å². The van der Waals surface area contributed by atoms with Gasteiger partial charge in [0.2, 0.25) is 26.0 Å². The molecule has 1 N–H and O–H groups in total. The lowest BCUT2D eigenvalue weighted by Gasteiger charge is -2.28. The van der Waals surface area contributed by atoms with Crippen molar-refractivity contribution >= 4 is 37.3 Å². The third-order valence-electron chi connectivity index (χ3n) is 5.83. The number of amides is 1. The molecule has 0 aliphatic carbocycles. The molecule has 1 heterocycles. The average Bonchev–Trinajstić information content (AvgIpc) is 2.86. The predicted octanol–water partition coefficient (Wildman–Crippen LogP) is 2.12. The third-order valence-corrected chi connectivity index (χ3v) is 8.98. The number of hydrogen-bond acceptors (Lipinski definition) is 8. The van der Waals surface area contributed by atoms with Crippen molar-refractivity contribution in [2.24, 2.45) is 0 Å². The van der Waals surface area contributed by atoms with E-state index in [0.717, 1.165) is 35.9 Å². The van der Waals surface area contributed by atoms with Crippen LogP contribution in [0.25, 0.3) is 0 Å². The maximum Gasteiger partial charge on any atom is 0.271 e. The second-order valence-electron chi connectivity index (χ2n) is 8.59. The van der Waals surface area contributed by atoms with E-state index in [1.165, 1.54) is 53.7 Å². The molecule has 12 nitrogen and oxygen atoms in total. The number of nitro benzene ring substituents is 1. The molecule has 3 rings (SSSR count). The Balaban J connectivity index is 1.56. The lowest BCUT2D eigenvalue weighted by molar-refractivity contribution is -0.384. The standard InChI is InChI=1S/C23H30N4O8S2/c1-18(26(36(2,31)32)19-7-6-8-20(17-19)27(29)30)23(28)24-13-16-35-21-9-11-22(12-10-21)37(33,34)25-14-4-3-5-15-25/h6-12,17-18H,3-5,13-16H2,1-2H3,(H,24,28)/t18-/m0/s1. The topological polar surface area (TPSA) is 156 Å². The number of non-ortho nitro benzene ring substituents is 1. The SMILES string of the molecule is C[C@@H](C(=O)NCCOc1ccc(S(=O)(=O)N2CCCCC2)cc1)N(c1cccc([N+](=O)[O-])c1)S(C)(=O)=O. The molecule has 1 amide bonds. The van der Waals surface area contributed by atoms with Crippen LogP contribution in [0, 0.1) is 10.1 Å². The molecule has 1 aliphatic heterocycles. The molecule has 0 aromatic heterocycles. The van der Waals surface area contributed by atoms with Crippen molar-refractivity contribution in [2.75, 3.05) is 36.8 Å². The van der Waals surface area contributed by atoms with Crippen LogP contribution >= 0.6 is 0 Å². The van der Waals surface area contributed by atoms with Crippen molar-refractivity contribution in [1.82, 2.24) is 9.62 Å². The quantitative estimate of drug-likeness (QED) is 0.251. The molecule has 202 valence electrons. The lowest BCUT2D eigenvalue weighted by Crippen LogP contribution is -2.48. The summed E-state index contributed by atoms with van der Waals surface area (Å²) in [6.45, 7) is 2.49. The fourth-order valence-electron chi connectivity index (χ4n) is 4.01. The Morgan fingerprint density at radius 2 is 1.76 bits per heavy atom. The number of piperidine rings is 1. The maximum absolute atomic E-state index is 12.7. The van der Waals surface area contributed by atoms with Gasteiger partial charge in [0, 0.05) is 25.2 Å². The number of nitrogens with zero attached hydrogens (tertiary/aromatic N) is 3. The van der Waals surface area contributed by atoms with Crippen LogP contribution < -0.4 is 14.4 Å². The largest absolute Gasteiger partial charge is 0.492 e. The summed E-state index contributed by atoms with van der Waals surface area (Å²) in [4.78, 5) is 23.3. The molecule has 0 radical (unpaired) electrons. The van der Waals surface area contributed by atoms with Crippen LogP contribution in [0.1, 0.15) is 26.2 Å². The molecule has 2 aromatic rings. The van der Waals surface area contributed by atoms with Gasteiger partial charge in [-0.1, -0.05) is 12.5 Å². The first-order valence-electron chi connectivity index (χ1n) is 11.7. The molecule has 37 heavy (non-hydrogen) atoms. The van der Waals surface area contributed by atoms with Crippen LogP contribution in [0.15, 0.2) is 53.4 Å². The zero-order valence-corrected chi connectivity index (χ0v) is 22.2. The van der Waals surface area contributed by atoms with Crippen molar-refractivity contribution in [3.05, 3.63) is 58.6 Å². The van der Waals surface area contributed by atoms with Gasteiger partial charge < -0.3 is 10.1 Å². The summed E-state index contributed by atoms with van der Waals surface area (Å²) >= 11 is 0. The van der Waals surface area contributed by atoms with Crippen molar-refractivity contribution < 1.29 is 31.3 Å². The molecule has 2 aromatic carbocycles. The molecular weight excluding hydrogens is 524 g/mol. The highest BCUT2D eigenvalue weighted by atomic mass is 32.2. The molecule has 0 bridgehead atoms. The minimum atomic E-state index is -3.94. The molecule has 0 saturated carbocycles. The van der Waals surface area contributed by atoms with E-state index in [1.54, 1.807) is 0 Å². The van der Waals surface area contributed by atoms with E-state index in [0.29, 0.717) is 18.8 Å². The molecule has 1 aliphatic rings. The molecule has 1 saturated heterocycles. The van der Waals surface area contributed by atoms with E-state index >= 15 is 0 Å². The predicted molar refractivity (Wildman–Crippen MR) is 137 cm³/mol. The summed E-state index contributed by atoms with van der Waals surface area (Å²) in [6, 6.07) is 9.86. The monoisotopic (exact) mass is 554 g/mol. The third kappa shape index (κ3) is 7.17. The summed E-state index contributed by atoms with van der Waals surface area (Å²) in [7, 11) is -7.48. The van der Waals surface area contributed by atoms with E-state index in [4.69, 9.17) is 4.74 Å². The van der Waals surface area contributed by atoms with Gasteiger partial charge in [-0.25, -0.2) is 16.8 Å². The molecule has 0 spiro atoms. The van der Waals surface area contributed by atoms with Gasteiger partial charge in [0.05, 0.1) is 28.3 Å². The van der Waals surface area contributed by atoms with E-state index in [9.17, 15) is 31.7 Å². The van der Waals surface area contributed by atoms with Gasteiger partial charge in [0.15, 0.2) is 0 Å². The summed E-state index contributed by atoms with van der Waals surface area (Å²) in [5, 5.41) is 13.7. The maximum atomic E-state index is 12.7. The second kappa shape index (κ2) is 11.9. The normalized spacial score (nSPS) is 15.5. The minimum absolute atomic E-state index is 0.00445. The van der Waals surface area contributed by atoms with E-state index in [2.05, 4.69) is 5.32 Å². The smallest absolute Gasteiger partial charge is 0.271 e. The summed E-state index contributed by atoms with van der Waals surface area (Å²) in [5.41, 5.74) is -0.308. The number of nitrogens with one attached hydrogen (secondary N) is 1. The fraction of sp³-hybridized carbons (Fsp3) is 0.435. The van der Waals surface area contributed by atoms with Crippen LogP contribution in [0.5, 0.6) is 5.75 Å². The summed E-state index contributed by atoms with van der Waals surface area (Å²) in [5.74, 6) is -0.210. The number of ether oxygens (including phenoxy) is 1. The van der Waals surface area contributed by atoms with Crippen molar-refractivity contribution in [2.45, 2.75) is 37.1 Å². The summed E-state index contributed by atoms with van der Waals surface area (Å²) < 4.78 is 58.1. The Labute approximate surface area is 216 Å². The zero-order chi connectivity index (χ0) is 27.2. The minimum Gasteiger partial charge on any atom is -0.492 e. The Morgan fingerprint density at radius 3 is 2.35 bits per heavy atom. The number of sulfonamides is 2. The van der Waals surface area contributed by atoms with E-state index < -0.39 is 36.9 Å². The Kier molecular flexibility index (Phi) is 9.10. The number of anilines is 1. The van der Waals surface area contributed by atoms with Crippen LogP contribution in [-0.2, 0) is 24.8 Å². The van der Waals surface area contributed by atoms with Crippen molar-refractivity contribution in [1.29, 1.82) is 0 Å². The highest BCUT2D eigenvalue weighted by Crippen LogP contribution is 2.25. The van der Waals surface area contributed by atoms with Crippen LogP contribution in [0.3, 0.4) is 0 Å². The van der Waals surface area contributed by atoms with Gasteiger partial charge in [-0.05, 0) is 50.1 Å². The number of carbonyl (C=O) groups excluding carboxylic acids is 1. The molecule has 14 heteroatoms. The highest BCUT2D eigenvalue weighted by molar-refractivity contribution is 7.92. The number of nitro groups is 1. The Bertz CT molecular complexity index is 1320. The highest BCUT2D eigenvalue weighted by Gasteiger charge is 2.30. The Hall–Kier alpha value is -3.23. The molecule has 0 unspecified atom stereocenters. The van der Waals surface area contributed by atoms with E-state index in [1.807, 2.05) is 0 Å². The summed E-state index contributed by atoms with van der Waals surface area (Å²) in [6.07, 6.45) is 3.62. The average molecular weight is 555 g/mol. The van der Waals surface area contributed by atoms with Crippen LogP contribution in [-0.4, -0.2) is 70.5 Å². The van der Waals surface area contributed by atoms with Gasteiger partial charge in [0.25, 0.3) is 5.69 Å². The van der Waals surface area contributed by atoms with Gasteiger partial charge >= 0.3 is 0 Å². The van der Waals surface area contributed by atoms with Gasteiger partial charge in [-0.15, -0.1) is 0 Å². The first-order valence-corrected chi connectivity index (χ1v) is 14.9. The molecule has 1 fully saturated rings. The van der Waals surface area contributed by atoms with Gasteiger partial charge in [-0.3, -0.25) is 19.2 Å². The first kappa shape index (κ1) is 28.3. The molecule has 1 atom stereocenters. The molecular formula is C23H30N4O8S2. The number of hydrogen-bond donors (Lipinski definition) is 1. The fourth-order valence-corrected chi connectivity index (χ4v) is 6.69. The number of rotatable bonds is 11. The first-order chi connectivity index (χ1) is 17.4.